The summed E-state index contributed by atoms with van der Waals surface area (Å²) in [6, 6.07) is 5.00. The molecule has 1 aromatic carbocycles. The zero-order valence-electron chi connectivity index (χ0n) is 9.01. The molecule has 0 saturated heterocycles. The molecule has 90 valence electrons. The predicted molar refractivity (Wildman–Crippen MR) is 65.7 cm³/mol. The monoisotopic (exact) mass is 253 g/mol. The van der Waals surface area contributed by atoms with Crippen LogP contribution in [0.1, 0.15) is 10.4 Å². The van der Waals surface area contributed by atoms with Crippen molar-refractivity contribution in [2.45, 2.75) is 12.6 Å². The number of aromatic hydroxyl groups is 1. The molecule has 2 N–H and O–H groups in total. The summed E-state index contributed by atoms with van der Waals surface area (Å²) in [4.78, 5) is 10.9. The number of benzene rings is 1. The predicted octanol–water partition coefficient (Wildman–Crippen LogP) is 1.76. The number of fused-ring (bicyclic) bond motifs is 1. The number of aldehydes is 1. The Morgan fingerprint density at radius 1 is 1.47 bits per heavy atom. The molecule has 0 saturated carbocycles. The highest BCUT2D eigenvalue weighted by atomic mass is 35.5. The number of phenolic OH excluding ortho intramolecular Hbond substituents is 1. The van der Waals surface area contributed by atoms with Gasteiger partial charge < -0.3 is 14.8 Å². The Labute approximate surface area is 103 Å². The maximum Gasteiger partial charge on any atom is 0.152 e. The van der Waals surface area contributed by atoms with Gasteiger partial charge in [-0.25, -0.2) is 0 Å². The molecule has 1 heterocycles. The van der Waals surface area contributed by atoms with Gasteiger partial charge in [0, 0.05) is 18.3 Å². The van der Waals surface area contributed by atoms with Gasteiger partial charge in [-0.15, -0.1) is 11.6 Å². The number of aromatic nitrogens is 1. The topological polar surface area (TPSA) is 62.5 Å². The van der Waals surface area contributed by atoms with E-state index in [4.69, 9.17) is 11.6 Å². The summed E-state index contributed by atoms with van der Waals surface area (Å²) >= 11 is 5.54. The molecule has 0 bridgehead atoms. The Morgan fingerprint density at radius 3 is 2.88 bits per heavy atom. The fraction of sp³-hybridized carbons (Fsp3) is 0.250. The van der Waals surface area contributed by atoms with Crippen LogP contribution in [0.5, 0.6) is 5.75 Å². The largest absolute Gasteiger partial charge is 0.507 e. The fourth-order valence-corrected chi connectivity index (χ4v) is 1.98. The van der Waals surface area contributed by atoms with Crippen LogP contribution in [0.2, 0.25) is 0 Å². The molecule has 0 radical (unpaired) electrons. The van der Waals surface area contributed by atoms with E-state index >= 15 is 0 Å². The molecule has 1 aromatic heterocycles. The van der Waals surface area contributed by atoms with Gasteiger partial charge in [-0.2, -0.15) is 0 Å². The quantitative estimate of drug-likeness (QED) is 0.645. The number of aliphatic hydroxyl groups excluding tert-OH is 1. The van der Waals surface area contributed by atoms with Crippen LogP contribution < -0.4 is 0 Å². The molecular weight excluding hydrogens is 242 g/mol. The maximum atomic E-state index is 10.9. The third-order valence-electron chi connectivity index (χ3n) is 2.63. The molecule has 2 rings (SSSR count). The van der Waals surface area contributed by atoms with Crippen molar-refractivity contribution in [3.05, 3.63) is 30.0 Å². The van der Waals surface area contributed by atoms with E-state index in [2.05, 4.69) is 0 Å². The molecule has 5 heteroatoms. The maximum absolute atomic E-state index is 10.9. The number of nitrogens with zero attached hydrogens (tertiary/aromatic N) is 1. The van der Waals surface area contributed by atoms with Crippen LogP contribution in [0.3, 0.4) is 0 Å². The molecule has 0 fully saturated rings. The summed E-state index contributed by atoms with van der Waals surface area (Å²) in [7, 11) is 0. The van der Waals surface area contributed by atoms with Crippen molar-refractivity contribution >= 4 is 28.8 Å². The first kappa shape index (κ1) is 12.0. The van der Waals surface area contributed by atoms with Crippen molar-refractivity contribution in [3.63, 3.8) is 0 Å². The number of phenols is 1. The van der Waals surface area contributed by atoms with Gasteiger partial charge in [-0.1, -0.05) is 6.07 Å². The van der Waals surface area contributed by atoms with Gasteiger partial charge in [0.1, 0.15) is 5.75 Å². The van der Waals surface area contributed by atoms with E-state index in [1.54, 1.807) is 22.9 Å². The second kappa shape index (κ2) is 4.77. The van der Waals surface area contributed by atoms with Crippen LogP contribution in [0.25, 0.3) is 10.9 Å². The second-order valence-electron chi connectivity index (χ2n) is 3.83. The SMILES string of the molecule is O=Cc1cn(CC(O)CCl)c2cccc(O)c12. The van der Waals surface area contributed by atoms with E-state index in [0.717, 1.165) is 0 Å². The van der Waals surface area contributed by atoms with Crippen molar-refractivity contribution in [3.8, 4) is 5.75 Å². The molecule has 0 aliphatic heterocycles. The number of carbonyl (C=O) groups is 1. The van der Waals surface area contributed by atoms with Gasteiger partial charge in [0.05, 0.1) is 22.9 Å². The summed E-state index contributed by atoms with van der Waals surface area (Å²) in [5.74, 6) is 0.179. The number of hydrogen-bond donors (Lipinski definition) is 2. The van der Waals surface area contributed by atoms with Gasteiger partial charge >= 0.3 is 0 Å². The highest BCUT2D eigenvalue weighted by Gasteiger charge is 2.13. The number of hydrogen-bond acceptors (Lipinski definition) is 3. The van der Waals surface area contributed by atoms with Crippen LogP contribution >= 0.6 is 11.6 Å². The number of carbonyl (C=O) groups excluding carboxylic acids is 1. The van der Waals surface area contributed by atoms with Gasteiger partial charge in [-0.05, 0) is 12.1 Å². The second-order valence-corrected chi connectivity index (χ2v) is 4.14. The Bertz CT molecular complexity index is 550. The molecule has 1 unspecified atom stereocenters. The van der Waals surface area contributed by atoms with Crippen LogP contribution in [-0.2, 0) is 6.54 Å². The van der Waals surface area contributed by atoms with Gasteiger partial charge in [-0.3, -0.25) is 4.79 Å². The molecule has 0 amide bonds. The smallest absolute Gasteiger partial charge is 0.152 e. The first-order valence-electron chi connectivity index (χ1n) is 5.17. The zero-order chi connectivity index (χ0) is 12.4. The lowest BCUT2D eigenvalue weighted by atomic mass is 10.2. The van der Waals surface area contributed by atoms with Crippen LogP contribution in [0, 0.1) is 0 Å². The minimum Gasteiger partial charge on any atom is -0.507 e. The molecule has 17 heavy (non-hydrogen) atoms. The molecule has 0 aliphatic rings. The molecule has 2 aromatic rings. The van der Waals surface area contributed by atoms with Crippen LogP contribution in [-0.4, -0.2) is 33.1 Å². The lowest BCUT2D eigenvalue weighted by Crippen LogP contribution is -2.16. The first-order valence-corrected chi connectivity index (χ1v) is 5.71. The minimum atomic E-state index is -0.686. The number of rotatable bonds is 4. The van der Waals surface area contributed by atoms with Crippen LogP contribution in [0.15, 0.2) is 24.4 Å². The van der Waals surface area contributed by atoms with Crippen molar-refractivity contribution in [1.29, 1.82) is 0 Å². The van der Waals surface area contributed by atoms with E-state index < -0.39 is 6.10 Å². The minimum absolute atomic E-state index is 0.0590. The Balaban J connectivity index is 2.57. The van der Waals surface area contributed by atoms with Gasteiger partial charge in [0.25, 0.3) is 0 Å². The summed E-state index contributed by atoms with van der Waals surface area (Å²) in [5, 5.41) is 19.7. The average molecular weight is 254 g/mol. The highest BCUT2D eigenvalue weighted by molar-refractivity contribution is 6.18. The molecule has 0 aliphatic carbocycles. The fourth-order valence-electron chi connectivity index (χ4n) is 1.88. The van der Waals surface area contributed by atoms with Crippen molar-refractivity contribution < 1.29 is 15.0 Å². The highest BCUT2D eigenvalue weighted by Crippen LogP contribution is 2.28. The lowest BCUT2D eigenvalue weighted by Gasteiger charge is -2.09. The number of alkyl halides is 1. The number of halogens is 1. The Hall–Kier alpha value is -1.52. The summed E-state index contributed by atoms with van der Waals surface area (Å²) in [5.41, 5.74) is 1.11. The van der Waals surface area contributed by atoms with Crippen molar-refractivity contribution in [2.24, 2.45) is 0 Å². The Kier molecular flexibility index (Phi) is 3.36. The summed E-state index contributed by atoms with van der Waals surface area (Å²) in [6.45, 7) is 0.289. The molecular formula is C12H12ClNO3. The normalized spacial score (nSPS) is 12.8. The van der Waals surface area contributed by atoms with E-state index in [0.29, 0.717) is 22.8 Å². The van der Waals surface area contributed by atoms with Crippen molar-refractivity contribution in [1.82, 2.24) is 4.57 Å². The summed E-state index contributed by atoms with van der Waals surface area (Å²) in [6.07, 6.45) is 1.60. The Morgan fingerprint density at radius 2 is 2.24 bits per heavy atom. The third-order valence-corrected chi connectivity index (χ3v) is 2.98. The number of aliphatic hydroxyl groups is 1. The standard InChI is InChI=1S/C12H12ClNO3/c13-4-9(16)6-14-5-8(7-15)12-10(14)2-1-3-11(12)17/h1-3,5,7,9,16-17H,4,6H2. The van der Waals surface area contributed by atoms with Gasteiger partial charge in [0.15, 0.2) is 6.29 Å². The van der Waals surface area contributed by atoms with E-state index in [9.17, 15) is 15.0 Å². The first-order chi connectivity index (χ1) is 8.17. The zero-order valence-corrected chi connectivity index (χ0v) is 9.76. The van der Waals surface area contributed by atoms with Crippen molar-refractivity contribution in [2.75, 3.05) is 5.88 Å². The third kappa shape index (κ3) is 2.14. The van der Waals surface area contributed by atoms with Crippen LogP contribution in [0.4, 0.5) is 0 Å². The van der Waals surface area contributed by atoms with Gasteiger partial charge in [0.2, 0.25) is 0 Å². The van der Waals surface area contributed by atoms with E-state index in [-0.39, 0.29) is 18.2 Å². The lowest BCUT2D eigenvalue weighted by molar-refractivity contribution is 0.112. The van der Waals surface area contributed by atoms with E-state index in [1.807, 2.05) is 0 Å². The van der Waals surface area contributed by atoms with E-state index in [1.165, 1.54) is 6.07 Å². The molecule has 0 spiro atoms. The average Bonchev–Trinajstić information content (AvgIpc) is 2.69. The molecule has 1 atom stereocenters. The molecule has 4 nitrogen and oxygen atoms in total. The summed E-state index contributed by atoms with van der Waals surface area (Å²) < 4.78 is 1.71.